The Morgan fingerprint density at radius 3 is 2.69 bits per heavy atom. The molecule has 1 amide bonds. The Kier molecular flexibility index (Phi) is 3.30. The number of nitriles is 1. The normalized spacial score (nSPS) is 18.5. The van der Waals surface area contributed by atoms with Gasteiger partial charge >= 0.3 is 0 Å². The molecule has 1 atom stereocenters. The lowest BCUT2D eigenvalue weighted by Gasteiger charge is -2.30. The predicted molar refractivity (Wildman–Crippen MR) is 49.8 cm³/mol. The molecular weight excluding hydrogens is 164 g/mol. The summed E-state index contributed by atoms with van der Waals surface area (Å²) in [6, 6.07) is 1.96. The summed E-state index contributed by atoms with van der Waals surface area (Å²) >= 11 is 0. The highest BCUT2D eigenvalue weighted by Crippen LogP contribution is 2.26. The van der Waals surface area contributed by atoms with Gasteiger partial charge < -0.3 is 4.90 Å². The second-order valence-corrected chi connectivity index (χ2v) is 3.87. The minimum atomic E-state index is -0.495. The standard InChI is InChI=1S/C10H16N2O/c1-8(6-11)10(13)12(2)7-9-4-3-5-9/h8-9H,3-5,7H2,1-2H3. The molecule has 1 fully saturated rings. The lowest BCUT2D eigenvalue weighted by Crippen LogP contribution is -2.36. The van der Waals surface area contributed by atoms with Gasteiger partial charge in [-0.3, -0.25) is 4.79 Å². The molecule has 0 aromatic carbocycles. The van der Waals surface area contributed by atoms with Crippen molar-refractivity contribution in [3.63, 3.8) is 0 Å². The minimum Gasteiger partial charge on any atom is -0.344 e. The fraction of sp³-hybridized carbons (Fsp3) is 0.800. The first-order valence-electron chi connectivity index (χ1n) is 4.79. The van der Waals surface area contributed by atoms with Crippen LogP contribution in [0.25, 0.3) is 0 Å². The minimum absolute atomic E-state index is 0.0469. The topological polar surface area (TPSA) is 44.1 Å². The third-order valence-corrected chi connectivity index (χ3v) is 2.70. The first-order chi connectivity index (χ1) is 6.15. The van der Waals surface area contributed by atoms with E-state index in [4.69, 9.17) is 5.26 Å². The first kappa shape index (κ1) is 10.0. The average molecular weight is 180 g/mol. The van der Waals surface area contributed by atoms with Gasteiger partial charge in [0.1, 0.15) is 5.92 Å². The zero-order chi connectivity index (χ0) is 9.84. The zero-order valence-corrected chi connectivity index (χ0v) is 8.29. The second-order valence-electron chi connectivity index (χ2n) is 3.87. The van der Waals surface area contributed by atoms with Gasteiger partial charge in [0.2, 0.25) is 5.91 Å². The van der Waals surface area contributed by atoms with Gasteiger partial charge in [0.25, 0.3) is 0 Å². The van der Waals surface area contributed by atoms with Crippen LogP contribution in [-0.2, 0) is 4.79 Å². The van der Waals surface area contributed by atoms with Gasteiger partial charge in [0.05, 0.1) is 6.07 Å². The van der Waals surface area contributed by atoms with Crippen molar-refractivity contribution in [1.82, 2.24) is 4.90 Å². The predicted octanol–water partition coefficient (Wildman–Crippen LogP) is 1.40. The molecule has 3 nitrogen and oxygen atoms in total. The van der Waals surface area contributed by atoms with Crippen LogP contribution < -0.4 is 0 Å². The van der Waals surface area contributed by atoms with E-state index in [0.29, 0.717) is 5.92 Å². The van der Waals surface area contributed by atoms with Gasteiger partial charge in [-0.25, -0.2) is 0 Å². The molecule has 0 aromatic rings. The smallest absolute Gasteiger partial charge is 0.239 e. The third kappa shape index (κ3) is 2.45. The highest BCUT2D eigenvalue weighted by molar-refractivity contribution is 5.80. The van der Waals surface area contributed by atoms with Gasteiger partial charge in [-0.05, 0) is 25.7 Å². The van der Waals surface area contributed by atoms with E-state index in [1.165, 1.54) is 19.3 Å². The molecule has 0 aromatic heterocycles. The number of nitrogens with zero attached hydrogens (tertiary/aromatic N) is 2. The Hall–Kier alpha value is -1.04. The monoisotopic (exact) mass is 180 g/mol. The van der Waals surface area contributed by atoms with Gasteiger partial charge in [0.15, 0.2) is 0 Å². The van der Waals surface area contributed by atoms with Crippen LogP contribution in [0.4, 0.5) is 0 Å². The molecule has 1 aliphatic carbocycles. The summed E-state index contributed by atoms with van der Waals surface area (Å²) in [6.45, 7) is 2.48. The number of carbonyl (C=O) groups is 1. The molecule has 0 radical (unpaired) electrons. The van der Waals surface area contributed by atoms with Gasteiger partial charge in [0, 0.05) is 13.6 Å². The van der Waals surface area contributed by atoms with Crippen molar-refractivity contribution in [2.75, 3.05) is 13.6 Å². The van der Waals surface area contributed by atoms with Crippen LogP contribution in [0, 0.1) is 23.2 Å². The Balaban J connectivity index is 2.33. The highest BCUT2D eigenvalue weighted by atomic mass is 16.2. The summed E-state index contributed by atoms with van der Waals surface area (Å²) < 4.78 is 0. The molecule has 1 aliphatic rings. The lowest BCUT2D eigenvalue weighted by molar-refractivity contribution is -0.132. The average Bonchev–Trinajstić information content (AvgIpc) is 2.08. The fourth-order valence-electron chi connectivity index (χ4n) is 1.54. The Morgan fingerprint density at radius 2 is 2.31 bits per heavy atom. The number of rotatable bonds is 3. The van der Waals surface area contributed by atoms with E-state index < -0.39 is 5.92 Å². The van der Waals surface area contributed by atoms with Crippen molar-refractivity contribution in [2.24, 2.45) is 11.8 Å². The molecule has 0 heterocycles. The number of hydrogen-bond donors (Lipinski definition) is 0. The molecule has 0 spiro atoms. The summed E-state index contributed by atoms with van der Waals surface area (Å²) in [4.78, 5) is 13.1. The maximum absolute atomic E-state index is 11.5. The van der Waals surface area contributed by atoms with Crippen molar-refractivity contribution >= 4 is 5.91 Å². The van der Waals surface area contributed by atoms with E-state index in [1.807, 2.05) is 6.07 Å². The van der Waals surface area contributed by atoms with Crippen LogP contribution in [0.5, 0.6) is 0 Å². The van der Waals surface area contributed by atoms with Crippen molar-refractivity contribution in [3.05, 3.63) is 0 Å². The highest BCUT2D eigenvalue weighted by Gasteiger charge is 2.23. The zero-order valence-electron chi connectivity index (χ0n) is 8.29. The van der Waals surface area contributed by atoms with E-state index in [0.717, 1.165) is 6.54 Å². The molecular formula is C10H16N2O. The van der Waals surface area contributed by atoms with Gasteiger partial charge in [-0.2, -0.15) is 5.26 Å². The summed E-state index contributed by atoms with van der Waals surface area (Å²) in [5, 5.41) is 8.56. The summed E-state index contributed by atoms with van der Waals surface area (Å²) in [5.74, 6) is 0.138. The molecule has 72 valence electrons. The molecule has 0 bridgehead atoms. The van der Waals surface area contributed by atoms with Crippen LogP contribution in [0.15, 0.2) is 0 Å². The lowest BCUT2D eigenvalue weighted by atomic mass is 9.85. The van der Waals surface area contributed by atoms with E-state index in [2.05, 4.69) is 0 Å². The van der Waals surface area contributed by atoms with Gasteiger partial charge in [-0.1, -0.05) is 6.42 Å². The summed E-state index contributed by atoms with van der Waals surface area (Å²) in [5.41, 5.74) is 0. The molecule has 0 N–H and O–H groups in total. The molecule has 3 heteroatoms. The largest absolute Gasteiger partial charge is 0.344 e. The third-order valence-electron chi connectivity index (χ3n) is 2.70. The number of amides is 1. The van der Waals surface area contributed by atoms with Crippen LogP contribution in [0.2, 0.25) is 0 Å². The van der Waals surface area contributed by atoms with E-state index >= 15 is 0 Å². The van der Waals surface area contributed by atoms with Crippen LogP contribution >= 0.6 is 0 Å². The van der Waals surface area contributed by atoms with E-state index in [1.54, 1.807) is 18.9 Å². The second kappa shape index (κ2) is 4.27. The molecule has 13 heavy (non-hydrogen) atoms. The van der Waals surface area contributed by atoms with Gasteiger partial charge in [-0.15, -0.1) is 0 Å². The molecule has 1 saturated carbocycles. The number of hydrogen-bond acceptors (Lipinski definition) is 2. The summed E-state index contributed by atoms with van der Waals surface area (Å²) in [6.07, 6.45) is 3.76. The van der Waals surface area contributed by atoms with Crippen LogP contribution in [0.1, 0.15) is 26.2 Å². The molecule has 1 unspecified atom stereocenters. The van der Waals surface area contributed by atoms with Crippen molar-refractivity contribution in [2.45, 2.75) is 26.2 Å². The van der Waals surface area contributed by atoms with Crippen LogP contribution in [-0.4, -0.2) is 24.4 Å². The fourth-order valence-corrected chi connectivity index (χ4v) is 1.54. The Bertz CT molecular complexity index is 228. The van der Waals surface area contributed by atoms with E-state index in [9.17, 15) is 4.79 Å². The first-order valence-corrected chi connectivity index (χ1v) is 4.79. The van der Waals surface area contributed by atoms with Crippen LogP contribution in [0.3, 0.4) is 0 Å². The Morgan fingerprint density at radius 1 is 1.69 bits per heavy atom. The number of carbonyl (C=O) groups excluding carboxylic acids is 1. The quantitative estimate of drug-likeness (QED) is 0.659. The SMILES string of the molecule is CC(C#N)C(=O)N(C)CC1CCC1. The maximum Gasteiger partial charge on any atom is 0.239 e. The molecule has 0 aliphatic heterocycles. The van der Waals surface area contributed by atoms with Crippen molar-refractivity contribution in [3.8, 4) is 6.07 Å². The van der Waals surface area contributed by atoms with Crippen molar-refractivity contribution in [1.29, 1.82) is 5.26 Å². The molecule has 1 rings (SSSR count). The summed E-state index contributed by atoms with van der Waals surface area (Å²) in [7, 11) is 1.79. The maximum atomic E-state index is 11.5. The Labute approximate surface area is 79.3 Å². The van der Waals surface area contributed by atoms with E-state index in [-0.39, 0.29) is 5.91 Å². The molecule has 0 saturated heterocycles. The van der Waals surface area contributed by atoms with Crippen molar-refractivity contribution < 1.29 is 4.79 Å².